The number of sulfone groups is 1. The number of rotatable bonds is 3. The van der Waals surface area contributed by atoms with Crippen molar-refractivity contribution in [2.75, 3.05) is 0 Å². The van der Waals surface area contributed by atoms with Crippen LogP contribution in [0.4, 0.5) is 0 Å². The molecule has 0 radical (unpaired) electrons. The second-order valence-corrected chi connectivity index (χ2v) is 5.76. The predicted molar refractivity (Wildman–Crippen MR) is 70.0 cm³/mol. The van der Waals surface area contributed by atoms with Crippen LogP contribution in [-0.2, 0) is 9.84 Å². The first-order valence-corrected chi connectivity index (χ1v) is 6.95. The molecular formula is C13H12N2O3S. The molecule has 0 spiro atoms. The van der Waals surface area contributed by atoms with Crippen LogP contribution in [0.2, 0.25) is 0 Å². The minimum Gasteiger partial charge on any atom is -0.290 e. The normalized spacial score (nSPS) is 11.0. The molecular weight excluding hydrogens is 264 g/mol. The summed E-state index contributed by atoms with van der Waals surface area (Å²) < 4.78 is 24.5. The number of amides is 1. The Morgan fingerprint density at radius 3 is 1.95 bits per heavy atom. The maximum Gasteiger partial charge on any atom is 0.265 e. The molecule has 0 heterocycles. The fraction of sp³-hybridized carbons (Fsp3) is 0. The zero-order valence-corrected chi connectivity index (χ0v) is 10.7. The molecule has 0 saturated heterocycles. The monoisotopic (exact) mass is 276 g/mol. The van der Waals surface area contributed by atoms with Crippen molar-refractivity contribution in [2.24, 2.45) is 5.84 Å². The van der Waals surface area contributed by atoms with Gasteiger partial charge < -0.3 is 0 Å². The molecule has 0 bridgehead atoms. The Balaban J connectivity index is 2.40. The van der Waals surface area contributed by atoms with Gasteiger partial charge in [-0.2, -0.15) is 0 Å². The molecule has 1 amide bonds. The number of nitrogens with one attached hydrogen (secondary N) is 1. The molecule has 2 aromatic carbocycles. The summed E-state index contributed by atoms with van der Waals surface area (Å²) in [5, 5.41) is 0. The summed E-state index contributed by atoms with van der Waals surface area (Å²) in [5.74, 6) is 4.53. The zero-order valence-electron chi connectivity index (χ0n) is 9.91. The average molecular weight is 276 g/mol. The quantitative estimate of drug-likeness (QED) is 0.499. The summed E-state index contributed by atoms with van der Waals surface area (Å²) in [6.45, 7) is 0. The number of nitrogens with two attached hydrogens (primary N) is 1. The smallest absolute Gasteiger partial charge is 0.265 e. The van der Waals surface area contributed by atoms with Crippen molar-refractivity contribution >= 4 is 15.7 Å². The van der Waals surface area contributed by atoms with Gasteiger partial charge in [-0.25, -0.2) is 14.3 Å². The molecule has 19 heavy (non-hydrogen) atoms. The highest BCUT2D eigenvalue weighted by Gasteiger charge is 2.17. The van der Waals surface area contributed by atoms with E-state index in [2.05, 4.69) is 0 Å². The van der Waals surface area contributed by atoms with E-state index < -0.39 is 15.7 Å². The van der Waals surface area contributed by atoms with Crippen LogP contribution in [0.5, 0.6) is 0 Å². The lowest BCUT2D eigenvalue weighted by Gasteiger charge is -2.05. The molecule has 0 atom stereocenters. The molecule has 0 aliphatic heterocycles. The number of carbonyl (C=O) groups is 1. The number of benzene rings is 2. The SMILES string of the molecule is NNC(=O)c1ccc(S(=O)(=O)c2ccccc2)cc1. The Labute approximate surface area is 111 Å². The van der Waals surface area contributed by atoms with Gasteiger partial charge in [-0.05, 0) is 36.4 Å². The maximum atomic E-state index is 12.3. The first kappa shape index (κ1) is 13.3. The number of nitrogen functional groups attached to an aromatic ring is 1. The van der Waals surface area contributed by atoms with E-state index in [1.165, 1.54) is 36.4 Å². The fourth-order valence-corrected chi connectivity index (χ4v) is 2.89. The van der Waals surface area contributed by atoms with E-state index >= 15 is 0 Å². The highest BCUT2D eigenvalue weighted by molar-refractivity contribution is 7.91. The van der Waals surface area contributed by atoms with Gasteiger partial charge in [-0.3, -0.25) is 10.2 Å². The first-order chi connectivity index (χ1) is 9.05. The number of hydrogen-bond acceptors (Lipinski definition) is 4. The summed E-state index contributed by atoms with van der Waals surface area (Å²) in [5.41, 5.74) is 2.28. The largest absolute Gasteiger partial charge is 0.290 e. The molecule has 0 unspecified atom stereocenters. The minimum atomic E-state index is -3.55. The predicted octanol–water partition coefficient (Wildman–Crippen LogP) is 1.12. The van der Waals surface area contributed by atoms with Crippen LogP contribution in [-0.4, -0.2) is 14.3 Å². The summed E-state index contributed by atoms with van der Waals surface area (Å²) in [6.07, 6.45) is 0. The molecule has 6 heteroatoms. The highest BCUT2D eigenvalue weighted by Crippen LogP contribution is 2.20. The Bertz CT molecular complexity index is 680. The topological polar surface area (TPSA) is 89.3 Å². The van der Waals surface area contributed by atoms with E-state index in [0.717, 1.165) is 0 Å². The lowest BCUT2D eigenvalue weighted by atomic mass is 10.2. The van der Waals surface area contributed by atoms with Gasteiger partial charge in [-0.15, -0.1) is 0 Å². The van der Waals surface area contributed by atoms with Crippen LogP contribution in [0.25, 0.3) is 0 Å². The van der Waals surface area contributed by atoms with Crippen molar-refractivity contribution in [1.82, 2.24) is 5.43 Å². The van der Waals surface area contributed by atoms with Crippen molar-refractivity contribution in [3.63, 3.8) is 0 Å². The van der Waals surface area contributed by atoms with E-state index in [1.54, 1.807) is 18.2 Å². The highest BCUT2D eigenvalue weighted by atomic mass is 32.2. The van der Waals surface area contributed by atoms with Gasteiger partial charge in [0, 0.05) is 5.56 Å². The van der Waals surface area contributed by atoms with Gasteiger partial charge in [-0.1, -0.05) is 18.2 Å². The van der Waals surface area contributed by atoms with Crippen LogP contribution >= 0.6 is 0 Å². The fourth-order valence-electron chi connectivity index (χ4n) is 1.60. The molecule has 0 aliphatic carbocycles. The molecule has 5 nitrogen and oxygen atoms in total. The van der Waals surface area contributed by atoms with E-state index in [9.17, 15) is 13.2 Å². The molecule has 0 saturated carbocycles. The molecule has 2 aromatic rings. The number of carbonyl (C=O) groups excluding carboxylic acids is 1. The summed E-state index contributed by atoms with van der Waals surface area (Å²) in [4.78, 5) is 11.6. The van der Waals surface area contributed by atoms with Crippen LogP contribution in [0, 0.1) is 0 Å². The second-order valence-electron chi connectivity index (χ2n) is 3.81. The minimum absolute atomic E-state index is 0.132. The summed E-state index contributed by atoms with van der Waals surface area (Å²) in [6, 6.07) is 13.7. The van der Waals surface area contributed by atoms with Crippen LogP contribution in [0.15, 0.2) is 64.4 Å². The van der Waals surface area contributed by atoms with E-state index in [-0.39, 0.29) is 9.79 Å². The van der Waals surface area contributed by atoms with Crippen molar-refractivity contribution in [3.8, 4) is 0 Å². The molecule has 3 N–H and O–H groups in total. The third kappa shape index (κ3) is 2.64. The first-order valence-electron chi connectivity index (χ1n) is 5.47. The molecule has 2 rings (SSSR count). The standard InChI is InChI=1S/C13H12N2O3S/c14-15-13(16)10-6-8-12(9-7-10)19(17,18)11-4-2-1-3-5-11/h1-9H,14H2,(H,15,16). The molecule has 0 aromatic heterocycles. The van der Waals surface area contributed by atoms with E-state index in [4.69, 9.17) is 5.84 Å². The van der Waals surface area contributed by atoms with Gasteiger partial charge >= 0.3 is 0 Å². The Hall–Kier alpha value is -2.18. The van der Waals surface area contributed by atoms with E-state index in [0.29, 0.717) is 5.56 Å². The van der Waals surface area contributed by atoms with Gasteiger partial charge in [0.2, 0.25) is 9.84 Å². The van der Waals surface area contributed by atoms with Crippen molar-refractivity contribution in [3.05, 3.63) is 60.2 Å². The van der Waals surface area contributed by atoms with Gasteiger partial charge in [0.15, 0.2) is 0 Å². The van der Waals surface area contributed by atoms with Crippen molar-refractivity contribution < 1.29 is 13.2 Å². The molecule has 0 aliphatic rings. The van der Waals surface area contributed by atoms with Crippen molar-refractivity contribution in [1.29, 1.82) is 0 Å². The number of hydrazine groups is 1. The average Bonchev–Trinajstić information content (AvgIpc) is 2.47. The van der Waals surface area contributed by atoms with E-state index in [1.807, 2.05) is 5.43 Å². The van der Waals surface area contributed by atoms with Crippen LogP contribution in [0.3, 0.4) is 0 Å². The number of hydrogen-bond donors (Lipinski definition) is 2. The molecule has 98 valence electrons. The lowest BCUT2D eigenvalue weighted by Crippen LogP contribution is -2.29. The van der Waals surface area contributed by atoms with Crippen LogP contribution in [0.1, 0.15) is 10.4 Å². The summed E-state index contributed by atoms with van der Waals surface area (Å²) in [7, 11) is -3.55. The third-order valence-electron chi connectivity index (χ3n) is 2.61. The second kappa shape index (κ2) is 5.21. The lowest BCUT2D eigenvalue weighted by molar-refractivity contribution is 0.0953. The summed E-state index contributed by atoms with van der Waals surface area (Å²) >= 11 is 0. The van der Waals surface area contributed by atoms with Gasteiger partial charge in [0.25, 0.3) is 5.91 Å². The Morgan fingerprint density at radius 2 is 1.42 bits per heavy atom. The third-order valence-corrected chi connectivity index (χ3v) is 4.40. The van der Waals surface area contributed by atoms with Gasteiger partial charge in [0.05, 0.1) is 9.79 Å². The Kier molecular flexibility index (Phi) is 3.64. The zero-order chi connectivity index (χ0) is 13.9. The van der Waals surface area contributed by atoms with Crippen LogP contribution < -0.4 is 11.3 Å². The Morgan fingerprint density at radius 1 is 0.895 bits per heavy atom. The maximum absolute atomic E-state index is 12.3. The van der Waals surface area contributed by atoms with Crippen molar-refractivity contribution in [2.45, 2.75) is 9.79 Å². The molecule has 0 fully saturated rings. The van der Waals surface area contributed by atoms with Gasteiger partial charge in [0.1, 0.15) is 0 Å².